The highest BCUT2D eigenvalue weighted by Crippen LogP contribution is 2.27. The van der Waals surface area contributed by atoms with Crippen LogP contribution in [0, 0.1) is 0 Å². The molecule has 0 fully saturated rings. The number of carboxylic acids is 1. The van der Waals surface area contributed by atoms with Gasteiger partial charge in [-0.25, -0.2) is 4.79 Å². The second-order valence-electron chi connectivity index (χ2n) is 6.09. The first kappa shape index (κ1) is 19.0. The van der Waals surface area contributed by atoms with Crippen LogP contribution in [0.3, 0.4) is 0 Å². The summed E-state index contributed by atoms with van der Waals surface area (Å²) in [6.07, 6.45) is 4.95. The smallest absolute Gasteiger partial charge is 0.337 e. The highest BCUT2D eigenvalue weighted by atomic mass is 32.2. The Hall–Kier alpha value is -2.79. The van der Waals surface area contributed by atoms with Crippen LogP contribution in [0.4, 0.5) is 0 Å². The predicted octanol–water partition coefficient (Wildman–Crippen LogP) is 4.87. The first-order valence-electron chi connectivity index (χ1n) is 8.67. The van der Waals surface area contributed by atoms with Crippen LogP contribution in [0.2, 0.25) is 0 Å². The van der Waals surface area contributed by atoms with E-state index in [1.165, 1.54) is 11.1 Å². The monoisotopic (exact) mass is 379 g/mol. The van der Waals surface area contributed by atoms with Gasteiger partial charge in [-0.3, -0.25) is 4.98 Å². The Balaban J connectivity index is 1.71. The van der Waals surface area contributed by atoms with Crippen molar-refractivity contribution in [2.45, 2.75) is 24.3 Å². The Morgan fingerprint density at radius 3 is 2.56 bits per heavy atom. The molecule has 0 saturated carbocycles. The van der Waals surface area contributed by atoms with Gasteiger partial charge in [0.25, 0.3) is 0 Å². The molecule has 1 N–H and O–H groups in total. The molecular formula is C22H21NO3S. The Bertz CT molecular complexity index is 895. The molecule has 0 atom stereocenters. The molecule has 2 aromatic carbocycles. The number of benzene rings is 2. The molecule has 0 spiro atoms. The number of carboxylic acid groups (broad SMARTS) is 1. The molecule has 0 bridgehead atoms. The van der Waals surface area contributed by atoms with Crippen molar-refractivity contribution in [3.8, 4) is 5.75 Å². The molecule has 0 aliphatic rings. The summed E-state index contributed by atoms with van der Waals surface area (Å²) in [6.45, 7) is 0.526. The van der Waals surface area contributed by atoms with Gasteiger partial charge >= 0.3 is 5.97 Å². The van der Waals surface area contributed by atoms with Gasteiger partial charge in [-0.2, -0.15) is 0 Å². The van der Waals surface area contributed by atoms with E-state index >= 15 is 0 Å². The number of pyridine rings is 1. The maximum Gasteiger partial charge on any atom is 0.337 e. The number of aromatic nitrogens is 1. The van der Waals surface area contributed by atoms with Crippen LogP contribution in [-0.2, 0) is 19.4 Å². The highest BCUT2D eigenvalue weighted by Gasteiger charge is 2.08. The lowest BCUT2D eigenvalue weighted by atomic mass is 10.1. The van der Waals surface area contributed by atoms with E-state index in [1.54, 1.807) is 23.9 Å². The standard InChI is InChI=1S/C22H21NO3S/c1-27-20-11-12-21(26-15-16-5-3-2-4-6-16)17(13-20)7-9-19-10-8-18(14-23-19)22(24)25/h2-6,8,10-14H,7,9,15H2,1H3,(H,24,25). The van der Waals surface area contributed by atoms with Crippen molar-refractivity contribution in [1.29, 1.82) is 0 Å². The summed E-state index contributed by atoms with van der Waals surface area (Å²) in [4.78, 5) is 16.4. The zero-order valence-electron chi connectivity index (χ0n) is 15.1. The van der Waals surface area contributed by atoms with E-state index < -0.39 is 5.97 Å². The Morgan fingerprint density at radius 2 is 1.89 bits per heavy atom. The van der Waals surface area contributed by atoms with Gasteiger partial charge < -0.3 is 9.84 Å². The fourth-order valence-electron chi connectivity index (χ4n) is 2.72. The number of thioether (sulfide) groups is 1. The van der Waals surface area contributed by atoms with Crippen molar-refractivity contribution < 1.29 is 14.6 Å². The molecule has 3 aromatic rings. The minimum Gasteiger partial charge on any atom is -0.489 e. The number of aryl methyl sites for hydroxylation is 2. The van der Waals surface area contributed by atoms with Crippen LogP contribution >= 0.6 is 11.8 Å². The SMILES string of the molecule is CSc1ccc(OCc2ccccc2)c(CCc2ccc(C(=O)O)cn2)c1. The molecule has 0 amide bonds. The molecule has 0 aliphatic heterocycles. The predicted molar refractivity (Wildman–Crippen MR) is 108 cm³/mol. The molecule has 0 unspecified atom stereocenters. The van der Waals surface area contributed by atoms with Gasteiger partial charge in [0.2, 0.25) is 0 Å². The summed E-state index contributed by atoms with van der Waals surface area (Å²) in [6, 6.07) is 19.7. The molecule has 27 heavy (non-hydrogen) atoms. The average molecular weight is 379 g/mol. The number of hydrogen-bond donors (Lipinski definition) is 1. The third-order valence-electron chi connectivity index (χ3n) is 4.23. The molecule has 1 heterocycles. The molecule has 0 radical (unpaired) electrons. The van der Waals surface area contributed by atoms with E-state index in [-0.39, 0.29) is 5.56 Å². The molecular weight excluding hydrogens is 358 g/mol. The lowest BCUT2D eigenvalue weighted by Crippen LogP contribution is -2.02. The van der Waals surface area contributed by atoms with Crippen LogP contribution in [-0.4, -0.2) is 22.3 Å². The van der Waals surface area contributed by atoms with Crippen LogP contribution in [0.1, 0.15) is 27.2 Å². The largest absolute Gasteiger partial charge is 0.489 e. The quantitative estimate of drug-likeness (QED) is 0.566. The second-order valence-corrected chi connectivity index (χ2v) is 6.97. The van der Waals surface area contributed by atoms with Crippen molar-refractivity contribution in [2.75, 3.05) is 6.26 Å². The van der Waals surface area contributed by atoms with Gasteiger partial charge in [0.05, 0.1) is 5.56 Å². The van der Waals surface area contributed by atoms with Crippen LogP contribution in [0.15, 0.2) is 71.8 Å². The summed E-state index contributed by atoms with van der Waals surface area (Å²) in [5, 5.41) is 8.97. The van der Waals surface area contributed by atoms with Gasteiger partial charge in [0.1, 0.15) is 12.4 Å². The van der Waals surface area contributed by atoms with Crippen LogP contribution < -0.4 is 4.74 Å². The summed E-state index contributed by atoms with van der Waals surface area (Å²) in [7, 11) is 0. The third-order valence-corrected chi connectivity index (χ3v) is 4.95. The Labute approximate surface area is 163 Å². The Morgan fingerprint density at radius 1 is 1.07 bits per heavy atom. The van der Waals surface area contributed by atoms with E-state index in [0.29, 0.717) is 6.61 Å². The maximum atomic E-state index is 10.9. The first-order valence-corrected chi connectivity index (χ1v) is 9.90. The average Bonchev–Trinajstić information content (AvgIpc) is 2.72. The molecule has 0 saturated heterocycles. The van der Waals surface area contributed by atoms with Crippen LogP contribution in [0.5, 0.6) is 5.75 Å². The van der Waals surface area contributed by atoms with Crippen molar-refractivity contribution in [3.05, 3.63) is 89.2 Å². The fourth-order valence-corrected chi connectivity index (χ4v) is 3.18. The van der Waals surface area contributed by atoms with Crippen molar-refractivity contribution in [3.63, 3.8) is 0 Å². The summed E-state index contributed by atoms with van der Waals surface area (Å²) in [5.41, 5.74) is 3.32. The third kappa shape index (κ3) is 5.34. The number of aromatic carboxylic acids is 1. The lowest BCUT2D eigenvalue weighted by molar-refractivity contribution is 0.0696. The number of ether oxygens (including phenoxy) is 1. The van der Waals surface area contributed by atoms with Gasteiger partial charge in [0.15, 0.2) is 0 Å². The number of carbonyl (C=O) groups is 1. The van der Waals surface area contributed by atoms with Crippen LogP contribution in [0.25, 0.3) is 0 Å². The minimum absolute atomic E-state index is 0.204. The van der Waals surface area contributed by atoms with E-state index in [2.05, 4.69) is 23.4 Å². The van der Waals surface area contributed by atoms with Crippen molar-refractivity contribution in [1.82, 2.24) is 4.98 Å². The molecule has 0 aliphatic carbocycles. The molecule has 3 rings (SSSR count). The van der Waals surface area contributed by atoms with Crippen molar-refractivity contribution in [2.24, 2.45) is 0 Å². The highest BCUT2D eigenvalue weighted by molar-refractivity contribution is 7.98. The van der Waals surface area contributed by atoms with Gasteiger partial charge in [0, 0.05) is 16.8 Å². The first-order chi connectivity index (χ1) is 13.2. The minimum atomic E-state index is -0.960. The van der Waals surface area contributed by atoms with Gasteiger partial charge in [-0.1, -0.05) is 30.3 Å². The summed E-state index contributed by atoms with van der Waals surface area (Å²) >= 11 is 1.70. The Kier molecular flexibility index (Phi) is 6.49. The van der Waals surface area contributed by atoms with E-state index in [0.717, 1.165) is 35.4 Å². The zero-order valence-corrected chi connectivity index (χ0v) is 15.9. The fraction of sp³-hybridized carbons (Fsp3) is 0.182. The van der Waals surface area contributed by atoms with Gasteiger partial charge in [-0.15, -0.1) is 11.8 Å². The maximum absolute atomic E-state index is 10.9. The molecule has 4 nitrogen and oxygen atoms in total. The molecule has 1 aromatic heterocycles. The zero-order chi connectivity index (χ0) is 19.1. The normalized spacial score (nSPS) is 10.6. The van der Waals surface area contributed by atoms with E-state index in [1.807, 2.05) is 36.4 Å². The lowest BCUT2D eigenvalue weighted by Gasteiger charge is -2.13. The van der Waals surface area contributed by atoms with Gasteiger partial charge in [-0.05, 0) is 60.6 Å². The van der Waals surface area contributed by atoms with E-state index in [9.17, 15) is 4.79 Å². The molecule has 138 valence electrons. The summed E-state index contributed by atoms with van der Waals surface area (Å²) in [5.74, 6) is -0.0860. The number of nitrogens with zero attached hydrogens (tertiary/aromatic N) is 1. The second kappa shape index (κ2) is 9.24. The van der Waals surface area contributed by atoms with E-state index in [4.69, 9.17) is 9.84 Å². The number of hydrogen-bond acceptors (Lipinski definition) is 4. The van der Waals surface area contributed by atoms with Crippen molar-refractivity contribution >= 4 is 17.7 Å². The molecule has 5 heteroatoms. The number of rotatable bonds is 8. The summed E-state index contributed by atoms with van der Waals surface area (Å²) < 4.78 is 6.05. The topological polar surface area (TPSA) is 59.4 Å².